The van der Waals surface area contributed by atoms with E-state index in [9.17, 15) is 4.79 Å². The molecule has 102 valence electrons. The molecule has 4 heteroatoms. The van der Waals surface area contributed by atoms with Gasteiger partial charge in [0, 0.05) is 7.05 Å². The van der Waals surface area contributed by atoms with E-state index in [4.69, 9.17) is 4.74 Å². The van der Waals surface area contributed by atoms with E-state index >= 15 is 0 Å². The Kier molecular flexibility index (Phi) is 3.06. The zero-order valence-corrected chi connectivity index (χ0v) is 11.5. The van der Waals surface area contributed by atoms with Crippen molar-refractivity contribution in [2.24, 2.45) is 0 Å². The predicted molar refractivity (Wildman–Crippen MR) is 79.9 cm³/mol. The molecule has 4 nitrogen and oxygen atoms in total. The molecule has 0 saturated carbocycles. The first kappa shape index (κ1) is 12.5. The van der Waals surface area contributed by atoms with Crippen LogP contribution < -0.4 is 14.5 Å². The highest BCUT2D eigenvalue weighted by Gasteiger charge is 2.29. The fourth-order valence-corrected chi connectivity index (χ4v) is 2.55. The molecule has 0 saturated heterocycles. The number of benzene rings is 2. The summed E-state index contributed by atoms with van der Waals surface area (Å²) >= 11 is 0. The molecular formula is C16H16N2O2. The van der Waals surface area contributed by atoms with Crippen LogP contribution in [0.3, 0.4) is 0 Å². The molecule has 1 heterocycles. The molecule has 1 aliphatic rings. The van der Waals surface area contributed by atoms with E-state index in [2.05, 4.69) is 0 Å². The number of para-hydroxylation sites is 4. The van der Waals surface area contributed by atoms with Gasteiger partial charge in [-0.15, -0.1) is 0 Å². The fourth-order valence-electron chi connectivity index (χ4n) is 2.55. The van der Waals surface area contributed by atoms with Crippen LogP contribution in [0.4, 0.5) is 17.1 Å². The standard InChI is InChI=1S/C16H16N2O2/c1-17-11-16(19)18(13-8-4-3-7-12(13)17)14-9-5-6-10-15(14)20-2/h3-10H,11H2,1-2H3. The number of fused-ring (bicyclic) bond motifs is 1. The molecule has 2 aromatic rings. The Hall–Kier alpha value is -2.49. The number of carbonyl (C=O) groups excluding carboxylic acids is 1. The van der Waals surface area contributed by atoms with Crippen LogP contribution >= 0.6 is 0 Å². The lowest BCUT2D eigenvalue weighted by Crippen LogP contribution is -2.41. The maximum absolute atomic E-state index is 12.5. The van der Waals surface area contributed by atoms with E-state index in [-0.39, 0.29) is 5.91 Å². The second-order valence-electron chi connectivity index (χ2n) is 4.75. The van der Waals surface area contributed by atoms with E-state index in [0.717, 1.165) is 17.1 Å². The first-order chi connectivity index (χ1) is 9.72. The van der Waals surface area contributed by atoms with Gasteiger partial charge in [-0.3, -0.25) is 9.69 Å². The number of hydrogen-bond acceptors (Lipinski definition) is 3. The summed E-state index contributed by atoms with van der Waals surface area (Å²) < 4.78 is 5.38. The minimum absolute atomic E-state index is 0.0377. The van der Waals surface area contributed by atoms with Crippen LogP contribution in [0.5, 0.6) is 5.75 Å². The van der Waals surface area contributed by atoms with Crippen molar-refractivity contribution in [3.63, 3.8) is 0 Å². The lowest BCUT2D eigenvalue weighted by Gasteiger charge is -2.35. The third-order valence-electron chi connectivity index (χ3n) is 3.48. The third kappa shape index (κ3) is 1.90. The van der Waals surface area contributed by atoms with Crippen molar-refractivity contribution in [2.75, 3.05) is 30.5 Å². The molecular weight excluding hydrogens is 252 g/mol. The molecule has 0 spiro atoms. The lowest BCUT2D eigenvalue weighted by molar-refractivity contribution is -0.116. The van der Waals surface area contributed by atoms with Crippen LogP contribution in [-0.2, 0) is 4.79 Å². The number of rotatable bonds is 2. The lowest BCUT2D eigenvalue weighted by atomic mass is 10.1. The predicted octanol–water partition coefficient (Wildman–Crippen LogP) is 2.81. The first-order valence-corrected chi connectivity index (χ1v) is 6.48. The van der Waals surface area contributed by atoms with Gasteiger partial charge in [-0.2, -0.15) is 0 Å². The van der Waals surface area contributed by atoms with Crippen LogP contribution in [0.1, 0.15) is 0 Å². The Morgan fingerprint density at radius 1 is 0.950 bits per heavy atom. The van der Waals surface area contributed by atoms with Crippen LogP contribution in [-0.4, -0.2) is 26.6 Å². The molecule has 0 atom stereocenters. The number of carbonyl (C=O) groups is 1. The molecule has 2 aromatic carbocycles. The summed E-state index contributed by atoms with van der Waals surface area (Å²) in [5.41, 5.74) is 2.70. The molecule has 0 unspecified atom stereocenters. The van der Waals surface area contributed by atoms with Crippen molar-refractivity contribution in [3.05, 3.63) is 48.5 Å². The summed E-state index contributed by atoms with van der Waals surface area (Å²) in [6.45, 7) is 0.356. The largest absolute Gasteiger partial charge is 0.495 e. The molecule has 0 aliphatic carbocycles. The zero-order valence-electron chi connectivity index (χ0n) is 11.5. The molecule has 1 amide bonds. The van der Waals surface area contributed by atoms with Gasteiger partial charge in [0.25, 0.3) is 5.91 Å². The van der Waals surface area contributed by atoms with E-state index < -0.39 is 0 Å². The van der Waals surface area contributed by atoms with Crippen molar-refractivity contribution < 1.29 is 9.53 Å². The third-order valence-corrected chi connectivity index (χ3v) is 3.48. The normalized spacial score (nSPS) is 14.2. The molecule has 0 bridgehead atoms. The number of hydrogen-bond donors (Lipinski definition) is 0. The Balaban J connectivity index is 2.18. The van der Waals surface area contributed by atoms with Gasteiger partial charge in [0.05, 0.1) is 30.7 Å². The highest BCUT2D eigenvalue weighted by atomic mass is 16.5. The summed E-state index contributed by atoms with van der Waals surface area (Å²) in [6.07, 6.45) is 0. The zero-order chi connectivity index (χ0) is 14.1. The number of anilines is 3. The molecule has 0 aromatic heterocycles. The van der Waals surface area contributed by atoms with Gasteiger partial charge in [-0.25, -0.2) is 0 Å². The minimum atomic E-state index is 0.0377. The summed E-state index contributed by atoms with van der Waals surface area (Å²) in [5, 5.41) is 0. The maximum Gasteiger partial charge on any atom is 0.251 e. The molecule has 0 radical (unpaired) electrons. The van der Waals surface area contributed by atoms with Crippen molar-refractivity contribution in [1.29, 1.82) is 0 Å². The van der Waals surface area contributed by atoms with E-state index in [1.165, 1.54) is 0 Å². The van der Waals surface area contributed by atoms with Crippen LogP contribution in [0.15, 0.2) is 48.5 Å². The smallest absolute Gasteiger partial charge is 0.251 e. The Morgan fingerprint density at radius 2 is 1.55 bits per heavy atom. The van der Waals surface area contributed by atoms with Gasteiger partial charge < -0.3 is 9.64 Å². The Morgan fingerprint density at radius 3 is 2.25 bits per heavy atom. The van der Waals surface area contributed by atoms with Crippen molar-refractivity contribution in [2.45, 2.75) is 0 Å². The van der Waals surface area contributed by atoms with Gasteiger partial charge in [0.2, 0.25) is 0 Å². The Bertz CT molecular complexity index is 654. The van der Waals surface area contributed by atoms with Crippen molar-refractivity contribution in [3.8, 4) is 5.75 Å². The highest BCUT2D eigenvalue weighted by Crippen LogP contribution is 2.40. The summed E-state index contributed by atoms with van der Waals surface area (Å²) in [4.78, 5) is 16.2. The van der Waals surface area contributed by atoms with Gasteiger partial charge in [0.15, 0.2) is 0 Å². The van der Waals surface area contributed by atoms with Gasteiger partial charge in [-0.05, 0) is 24.3 Å². The molecule has 3 rings (SSSR count). The second kappa shape index (κ2) is 4.89. The number of likely N-dealkylation sites (N-methyl/N-ethyl adjacent to an activating group) is 1. The van der Waals surface area contributed by atoms with E-state index in [1.54, 1.807) is 12.0 Å². The SMILES string of the molecule is COc1ccccc1N1C(=O)CN(C)c2ccccc21. The van der Waals surface area contributed by atoms with Crippen LogP contribution in [0.2, 0.25) is 0 Å². The number of amides is 1. The molecule has 0 fully saturated rings. The topological polar surface area (TPSA) is 32.8 Å². The van der Waals surface area contributed by atoms with Gasteiger partial charge in [0.1, 0.15) is 5.75 Å². The Labute approximate surface area is 118 Å². The van der Waals surface area contributed by atoms with Crippen LogP contribution in [0.25, 0.3) is 0 Å². The quantitative estimate of drug-likeness (QED) is 0.839. The summed E-state index contributed by atoms with van der Waals surface area (Å²) in [5.74, 6) is 0.732. The monoisotopic (exact) mass is 268 g/mol. The molecule has 20 heavy (non-hydrogen) atoms. The summed E-state index contributed by atoms with van der Waals surface area (Å²) in [7, 11) is 3.54. The molecule has 0 N–H and O–H groups in total. The first-order valence-electron chi connectivity index (χ1n) is 6.48. The summed E-state index contributed by atoms with van der Waals surface area (Å²) in [6, 6.07) is 15.5. The second-order valence-corrected chi connectivity index (χ2v) is 4.75. The highest BCUT2D eigenvalue weighted by molar-refractivity contribution is 6.09. The number of nitrogens with zero attached hydrogens (tertiary/aromatic N) is 2. The van der Waals surface area contributed by atoms with Gasteiger partial charge >= 0.3 is 0 Å². The van der Waals surface area contributed by atoms with Gasteiger partial charge in [-0.1, -0.05) is 24.3 Å². The number of ether oxygens (including phenoxy) is 1. The van der Waals surface area contributed by atoms with E-state index in [1.807, 2.05) is 60.5 Å². The average molecular weight is 268 g/mol. The van der Waals surface area contributed by atoms with E-state index in [0.29, 0.717) is 12.3 Å². The van der Waals surface area contributed by atoms with Crippen molar-refractivity contribution in [1.82, 2.24) is 0 Å². The minimum Gasteiger partial charge on any atom is -0.495 e. The van der Waals surface area contributed by atoms with Crippen molar-refractivity contribution >= 4 is 23.0 Å². The average Bonchev–Trinajstić information content (AvgIpc) is 2.48. The van der Waals surface area contributed by atoms with Crippen LogP contribution in [0, 0.1) is 0 Å². The maximum atomic E-state index is 12.5. The number of methoxy groups -OCH3 is 1. The molecule has 1 aliphatic heterocycles. The fraction of sp³-hybridized carbons (Fsp3) is 0.188.